The highest BCUT2D eigenvalue weighted by Crippen LogP contribution is 2.25. The van der Waals surface area contributed by atoms with Gasteiger partial charge in [0, 0.05) is 31.6 Å². The third kappa shape index (κ3) is 4.33. The van der Waals surface area contributed by atoms with Crippen molar-refractivity contribution in [3.8, 4) is 0 Å². The van der Waals surface area contributed by atoms with Gasteiger partial charge in [-0.2, -0.15) is 5.10 Å². The first kappa shape index (κ1) is 21.1. The molecule has 2 N–H and O–H groups in total. The maximum absolute atomic E-state index is 12.9. The number of imidazole rings is 1. The summed E-state index contributed by atoms with van der Waals surface area (Å²) < 4.78 is 1.90. The van der Waals surface area contributed by atoms with Crippen molar-refractivity contribution in [1.82, 2.24) is 24.6 Å². The van der Waals surface area contributed by atoms with Gasteiger partial charge in [0.05, 0.1) is 28.1 Å². The molecule has 4 rings (SSSR count). The number of aromatic amines is 1. The number of benzene rings is 1. The molecule has 164 valence electrons. The number of hydrogen-bond donors (Lipinski definition) is 2. The summed E-state index contributed by atoms with van der Waals surface area (Å²) in [6.45, 7) is 9.95. The molecule has 2 aromatic heterocycles. The van der Waals surface area contributed by atoms with Crippen molar-refractivity contribution in [3.63, 3.8) is 0 Å². The lowest BCUT2D eigenvalue weighted by molar-refractivity contribution is -0.117. The van der Waals surface area contributed by atoms with Gasteiger partial charge in [0.15, 0.2) is 0 Å². The van der Waals surface area contributed by atoms with Gasteiger partial charge in [-0.1, -0.05) is 0 Å². The average molecular weight is 423 g/mol. The Morgan fingerprint density at radius 2 is 1.94 bits per heavy atom. The monoisotopic (exact) mass is 422 g/mol. The van der Waals surface area contributed by atoms with E-state index < -0.39 is 0 Å². The normalized spacial score (nSPS) is 14.9. The highest BCUT2D eigenvalue weighted by molar-refractivity contribution is 5.97. The highest BCUT2D eigenvalue weighted by atomic mass is 16.2. The molecule has 1 fully saturated rings. The SMILES string of the molecule is CCn1nc(C)c(NC(=O)CC2CCN(C(=O)c3ccc4nc(C)[nH]c4c3)CC2)c1C. The van der Waals surface area contributed by atoms with Crippen molar-refractivity contribution in [1.29, 1.82) is 0 Å². The van der Waals surface area contributed by atoms with Crippen LogP contribution in [0.25, 0.3) is 11.0 Å². The average Bonchev–Trinajstić information content (AvgIpc) is 3.26. The highest BCUT2D eigenvalue weighted by Gasteiger charge is 2.26. The number of carbonyl (C=O) groups excluding carboxylic acids is 2. The Balaban J connectivity index is 1.32. The maximum Gasteiger partial charge on any atom is 0.253 e. The molecule has 0 saturated carbocycles. The van der Waals surface area contributed by atoms with Crippen LogP contribution in [0.5, 0.6) is 0 Å². The van der Waals surface area contributed by atoms with Crippen molar-refractivity contribution >= 4 is 28.5 Å². The van der Waals surface area contributed by atoms with E-state index in [-0.39, 0.29) is 17.7 Å². The van der Waals surface area contributed by atoms with E-state index in [9.17, 15) is 9.59 Å². The smallest absolute Gasteiger partial charge is 0.253 e. The summed E-state index contributed by atoms with van der Waals surface area (Å²) >= 11 is 0. The third-order valence-corrected chi connectivity index (χ3v) is 6.17. The van der Waals surface area contributed by atoms with E-state index in [0.29, 0.717) is 25.1 Å². The van der Waals surface area contributed by atoms with Gasteiger partial charge >= 0.3 is 0 Å². The Morgan fingerprint density at radius 3 is 2.61 bits per heavy atom. The molecule has 3 aromatic rings. The molecule has 0 spiro atoms. The minimum absolute atomic E-state index is 0.0201. The van der Waals surface area contributed by atoms with E-state index in [1.54, 1.807) is 0 Å². The summed E-state index contributed by atoms with van der Waals surface area (Å²) in [7, 11) is 0. The molecule has 0 aliphatic carbocycles. The first-order chi connectivity index (χ1) is 14.9. The van der Waals surface area contributed by atoms with Gasteiger partial charge in [0.1, 0.15) is 5.82 Å². The van der Waals surface area contributed by atoms with Crippen LogP contribution in [0.3, 0.4) is 0 Å². The molecule has 0 bridgehead atoms. The van der Waals surface area contributed by atoms with Crippen LogP contribution < -0.4 is 5.32 Å². The zero-order chi connectivity index (χ0) is 22.1. The van der Waals surface area contributed by atoms with E-state index >= 15 is 0 Å². The lowest BCUT2D eigenvalue weighted by Crippen LogP contribution is -2.39. The summed E-state index contributed by atoms with van der Waals surface area (Å²) in [6, 6.07) is 5.59. The van der Waals surface area contributed by atoms with Gasteiger partial charge in [0.25, 0.3) is 5.91 Å². The number of H-pyrrole nitrogens is 1. The number of amides is 2. The Morgan fingerprint density at radius 1 is 1.19 bits per heavy atom. The Bertz CT molecular complexity index is 1120. The Hall–Kier alpha value is -3.16. The number of nitrogens with zero attached hydrogens (tertiary/aromatic N) is 4. The first-order valence-electron chi connectivity index (χ1n) is 10.9. The molecular weight excluding hydrogens is 392 g/mol. The fourth-order valence-corrected chi connectivity index (χ4v) is 4.43. The Labute approximate surface area is 182 Å². The minimum Gasteiger partial charge on any atom is -0.342 e. The number of anilines is 1. The van der Waals surface area contributed by atoms with Crippen LogP contribution >= 0.6 is 0 Å². The topological polar surface area (TPSA) is 95.9 Å². The summed E-state index contributed by atoms with van der Waals surface area (Å²) in [5.74, 6) is 1.18. The van der Waals surface area contributed by atoms with Crippen molar-refractivity contribution in [2.24, 2.45) is 5.92 Å². The van der Waals surface area contributed by atoms with Gasteiger partial charge in [-0.25, -0.2) is 4.98 Å². The number of aromatic nitrogens is 4. The van der Waals surface area contributed by atoms with Crippen LogP contribution in [0.2, 0.25) is 0 Å². The predicted octanol–water partition coefficient (Wildman–Crippen LogP) is 3.59. The van der Waals surface area contributed by atoms with Crippen LogP contribution in [0.1, 0.15) is 53.8 Å². The van der Waals surface area contributed by atoms with Crippen LogP contribution in [0.4, 0.5) is 5.69 Å². The van der Waals surface area contributed by atoms with Crippen LogP contribution in [0, 0.1) is 26.7 Å². The van der Waals surface area contributed by atoms with Crippen LogP contribution in [-0.2, 0) is 11.3 Å². The van der Waals surface area contributed by atoms with Gasteiger partial charge in [-0.05, 0) is 64.7 Å². The lowest BCUT2D eigenvalue weighted by Gasteiger charge is -2.31. The van der Waals surface area contributed by atoms with Crippen molar-refractivity contribution in [3.05, 3.63) is 41.0 Å². The molecule has 0 unspecified atom stereocenters. The molecule has 31 heavy (non-hydrogen) atoms. The fourth-order valence-electron chi connectivity index (χ4n) is 4.43. The molecule has 0 atom stereocenters. The molecule has 8 heteroatoms. The van der Waals surface area contributed by atoms with Gasteiger partial charge in [-0.3, -0.25) is 14.3 Å². The van der Waals surface area contributed by atoms with E-state index in [1.807, 2.05) is 55.5 Å². The third-order valence-electron chi connectivity index (χ3n) is 6.17. The molecule has 2 amide bonds. The zero-order valence-electron chi connectivity index (χ0n) is 18.7. The first-order valence-corrected chi connectivity index (χ1v) is 10.9. The van der Waals surface area contributed by atoms with Gasteiger partial charge < -0.3 is 15.2 Å². The van der Waals surface area contributed by atoms with Crippen molar-refractivity contribution < 1.29 is 9.59 Å². The zero-order valence-corrected chi connectivity index (χ0v) is 18.7. The fraction of sp³-hybridized carbons (Fsp3) is 0.478. The number of rotatable bonds is 5. The van der Waals surface area contributed by atoms with Gasteiger partial charge in [0.2, 0.25) is 5.91 Å². The summed E-state index contributed by atoms with van der Waals surface area (Å²) in [4.78, 5) is 35.0. The number of nitrogens with one attached hydrogen (secondary N) is 2. The molecule has 1 saturated heterocycles. The number of piperidine rings is 1. The molecule has 1 aliphatic rings. The predicted molar refractivity (Wildman–Crippen MR) is 120 cm³/mol. The molecule has 1 aliphatic heterocycles. The minimum atomic E-state index is 0.0201. The second-order valence-corrected chi connectivity index (χ2v) is 8.40. The number of fused-ring (bicyclic) bond motifs is 1. The summed E-state index contributed by atoms with van der Waals surface area (Å²) in [5, 5.41) is 7.51. The number of aryl methyl sites for hydroxylation is 3. The molecule has 8 nitrogen and oxygen atoms in total. The Kier molecular flexibility index (Phi) is 5.80. The second kappa shape index (κ2) is 8.53. The number of carbonyl (C=O) groups is 2. The molecule has 0 radical (unpaired) electrons. The number of likely N-dealkylation sites (tertiary alicyclic amines) is 1. The lowest BCUT2D eigenvalue weighted by atomic mass is 9.92. The quantitative estimate of drug-likeness (QED) is 0.657. The van der Waals surface area contributed by atoms with E-state index in [4.69, 9.17) is 0 Å². The molecular formula is C23H30N6O2. The van der Waals surface area contributed by atoms with E-state index in [1.165, 1.54) is 0 Å². The standard InChI is InChI=1S/C23H30N6O2/c1-5-29-15(3)22(14(2)27-29)26-21(30)12-17-8-10-28(11-9-17)23(31)18-6-7-19-20(13-18)25-16(4)24-19/h6-7,13,17H,5,8-12H2,1-4H3,(H,24,25)(H,26,30). The summed E-state index contributed by atoms with van der Waals surface area (Å²) in [5.41, 5.74) is 5.08. The molecule has 3 heterocycles. The van der Waals surface area contributed by atoms with Crippen LogP contribution in [0.15, 0.2) is 18.2 Å². The van der Waals surface area contributed by atoms with Crippen molar-refractivity contribution in [2.75, 3.05) is 18.4 Å². The maximum atomic E-state index is 12.9. The van der Waals surface area contributed by atoms with Crippen molar-refractivity contribution in [2.45, 2.75) is 53.5 Å². The largest absolute Gasteiger partial charge is 0.342 e. The van der Waals surface area contributed by atoms with Crippen LogP contribution in [-0.4, -0.2) is 49.6 Å². The van der Waals surface area contributed by atoms with E-state index in [0.717, 1.165) is 53.3 Å². The van der Waals surface area contributed by atoms with Gasteiger partial charge in [-0.15, -0.1) is 0 Å². The van der Waals surface area contributed by atoms with E-state index in [2.05, 4.69) is 20.4 Å². The second-order valence-electron chi connectivity index (χ2n) is 8.40. The number of hydrogen-bond acceptors (Lipinski definition) is 4. The summed E-state index contributed by atoms with van der Waals surface area (Å²) in [6.07, 6.45) is 2.13. The molecule has 1 aromatic carbocycles.